The second-order valence-corrected chi connectivity index (χ2v) is 7.31. The molecular weight excluding hydrogens is 401 g/mol. The topological polar surface area (TPSA) is 59.8 Å². The van der Waals surface area contributed by atoms with Gasteiger partial charge < -0.3 is 0 Å². The number of hydrogen-bond acceptors (Lipinski definition) is 4. The fourth-order valence-corrected chi connectivity index (χ4v) is 3.88. The molecule has 1 amide bonds. The number of amides is 1. The lowest BCUT2D eigenvalue weighted by Crippen LogP contribution is -2.20. The van der Waals surface area contributed by atoms with Gasteiger partial charge in [0, 0.05) is 0 Å². The first-order valence-corrected chi connectivity index (χ1v) is 9.60. The van der Waals surface area contributed by atoms with Crippen LogP contribution in [0.2, 0.25) is 0 Å². The minimum Gasteiger partial charge on any atom is -0.298 e. The van der Waals surface area contributed by atoms with Crippen LogP contribution in [0, 0.1) is 0 Å². The number of aromatic nitrogens is 3. The highest BCUT2D eigenvalue weighted by atomic mass is 32.1. The molecule has 0 saturated carbocycles. The number of hydrogen-bond donors (Lipinski definition) is 1. The Bertz CT molecular complexity index is 1180. The molecule has 0 aliphatic rings. The first kappa shape index (κ1) is 19.1. The fraction of sp³-hybridized carbons (Fsp3) is 0.150. The molecule has 2 aromatic carbocycles. The van der Waals surface area contributed by atoms with Gasteiger partial charge in [0.15, 0.2) is 10.8 Å². The van der Waals surface area contributed by atoms with Crippen LogP contribution in [0.5, 0.6) is 0 Å². The van der Waals surface area contributed by atoms with Gasteiger partial charge in [-0.05, 0) is 36.2 Å². The fourth-order valence-electron chi connectivity index (χ4n) is 2.96. The van der Waals surface area contributed by atoms with Crippen LogP contribution in [0.15, 0.2) is 54.7 Å². The first-order chi connectivity index (χ1) is 13.9. The zero-order valence-electron chi connectivity index (χ0n) is 15.2. The quantitative estimate of drug-likeness (QED) is 0.490. The van der Waals surface area contributed by atoms with E-state index in [-0.39, 0.29) is 10.8 Å². The number of alkyl halides is 3. The van der Waals surface area contributed by atoms with Crippen LogP contribution in [-0.4, -0.2) is 20.7 Å². The van der Waals surface area contributed by atoms with Crippen molar-refractivity contribution in [2.45, 2.75) is 19.5 Å². The molecule has 2 aromatic heterocycles. The maximum Gasteiger partial charge on any atom is 0.434 e. The zero-order valence-corrected chi connectivity index (χ0v) is 16.0. The van der Waals surface area contributed by atoms with Gasteiger partial charge in [-0.15, -0.1) is 0 Å². The monoisotopic (exact) mass is 416 g/mol. The molecule has 9 heteroatoms. The second-order valence-electron chi connectivity index (χ2n) is 6.28. The van der Waals surface area contributed by atoms with Crippen molar-refractivity contribution in [3.05, 3.63) is 71.5 Å². The molecule has 0 spiro atoms. The Hall–Kier alpha value is -3.20. The normalized spacial score (nSPS) is 11.7. The standard InChI is InChI=1S/C20H15F3N4OS/c1-2-12-8-9-15-16(10-12)29-19(25-15)26-18(28)14-11-24-27(17(14)20(21,22)23)13-6-4-3-5-7-13/h3-11H,2H2,1H3,(H,25,26,28). The number of carbonyl (C=O) groups is 1. The summed E-state index contributed by atoms with van der Waals surface area (Å²) in [7, 11) is 0. The third kappa shape index (κ3) is 3.73. The van der Waals surface area contributed by atoms with Crippen molar-refractivity contribution in [2.24, 2.45) is 0 Å². The van der Waals surface area contributed by atoms with Crippen molar-refractivity contribution in [1.82, 2.24) is 14.8 Å². The Balaban J connectivity index is 1.69. The molecule has 0 radical (unpaired) electrons. The Morgan fingerprint density at radius 1 is 1.17 bits per heavy atom. The summed E-state index contributed by atoms with van der Waals surface area (Å²) >= 11 is 1.21. The number of anilines is 1. The highest BCUT2D eigenvalue weighted by Gasteiger charge is 2.40. The molecule has 2 heterocycles. The summed E-state index contributed by atoms with van der Waals surface area (Å²) in [5, 5.41) is 6.51. The maximum absolute atomic E-state index is 13.7. The zero-order chi connectivity index (χ0) is 20.6. The molecule has 4 rings (SSSR count). The van der Waals surface area contributed by atoms with E-state index in [2.05, 4.69) is 15.4 Å². The molecule has 0 atom stereocenters. The van der Waals surface area contributed by atoms with E-state index < -0.39 is 23.3 Å². The highest BCUT2D eigenvalue weighted by Crippen LogP contribution is 2.34. The smallest absolute Gasteiger partial charge is 0.298 e. The predicted molar refractivity (Wildman–Crippen MR) is 106 cm³/mol. The lowest BCUT2D eigenvalue weighted by Gasteiger charge is -2.12. The molecule has 0 unspecified atom stereocenters. The number of nitrogens with one attached hydrogen (secondary N) is 1. The molecule has 1 N–H and O–H groups in total. The lowest BCUT2D eigenvalue weighted by atomic mass is 10.2. The van der Waals surface area contributed by atoms with Crippen molar-refractivity contribution in [3.63, 3.8) is 0 Å². The van der Waals surface area contributed by atoms with Crippen LogP contribution in [0.25, 0.3) is 15.9 Å². The van der Waals surface area contributed by atoms with Crippen LogP contribution in [0.4, 0.5) is 18.3 Å². The van der Waals surface area contributed by atoms with E-state index in [1.807, 2.05) is 25.1 Å². The Morgan fingerprint density at radius 3 is 2.62 bits per heavy atom. The van der Waals surface area contributed by atoms with Crippen LogP contribution in [0.3, 0.4) is 0 Å². The van der Waals surface area contributed by atoms with Gasteiger partial charge in [-0.2, -0.15) is 18.3 Å². The number of carbonyl (C=O) groups excluding carboxylic acids is 1. The maximum atomic E-state index is 13.7. The number of benzene rings is 2. The molecule has 29 heavy (non-hydrogen) atoms. The highest BCUT2D eigenvalue weighted by molar-refractivity contribution is 7.22. The van der Waals surface area contributed by atoms with Gasteiger partial charge in [-0.3, -0.25) is 10.1 Å². The molecule has 0 fully saturated rings. The first-order valence-electron chi connectivity index (χ1n) is 8.78. The van der Waals surface area contributed by atoms with Crippen molar-refractivity contribution < 1.29 is 18.0 Å². The molecule has 4 aromatic rings. The summed E-state index contributed by atoms with van der Waals surface area (Å²) in [6.45, 7) is 2.02. The van der Waals surface area contributed by atoms with Gasteiger partial charge in [0.1, 0.15) is 0 Å². The van der Waals surface area contributed by atoms with Crippen LogP contribution < -0.4 is 5.32 Å². The predicted octanol–water partition coefficient (Wildman–Crippen LogP) is 5.32. The van der Waals surface area contributed by atoms with Gasteiger partial charge >= 0.3 is 6.18 Å². The summed E-state index contributed by atoms with van der Waals surface area (Å²) in [6, 6.07) is 13.6. The molecule has 0 bridgehead atoms. The molecule has 0 aliphatic heterocycles. The summed E-state index contributed by atoms with van der Waals surface area (Å²) in [5.41, 5.74) is 0.317. The number of halogens is 3. The van der Waals surface area contributed by atoms with Crippen molar-refractivity contribution >= 4 is 32.6 Å². The van der Waals surface area contributed by atoms with E-state index in [1.165, 1.54) is 23.5 Å². The Labute approximate surface area is 167 Å². The number of aryl methyl sites for hydroxylation is 1. The van der Waals surface area contributed by atoms with E-state index in [0.29, 0.717) is 5.52 Å². The van der Waals surface area contributed by atoms with E-state index in [9.17, 15) is 18.0 Å². The van der Waals surface area contributed by atoms with Gasteiger partial charge in [-0.25, -0.2) is 9.67 Å². The SMILES string of the molecule is CCc1ccc2nc(NC(=O)c3cnn(-c4ccccc4)c3C(F)(F)F)sc2c1. The van der Waals surface area contributed by atoms with Gasteiger partial charge in [0.2, 0.25) is 0 Å². The number of rotatable bonds is 4. The number of fused-ring (bicyclic) bond motifs is 1. The third-order valence-electron chi connectivity index (χ3n) is 4.36. The summed E-state index contributed by atoms with van der Waals surface area (Å²) < 4.78 is 42.8. The largest absolute Gasteiger partial charge is 0.434 e. The van der Waals surface area contributed by atoms with E-state index >= 15 is 0 Å². The van der Waals surface area contributed by atoms with Crippen LogP contribution in [0.1, 0.15) is 28.5 Å². The molecule has 0 saturated heterocycles. The lowest BCUT2D eigenvalue weighted by molar-refractivity contribution is -0.143. The van der Waals surface area contributed by atoms with Crippen LogP contribution in [-0.2, 0) is 12.6 Å². The Morgan fingerprint density at radius 2 is 1.93 bits per heavy atom. The summed E-state index contributed by atoms with van der Waals surface area (Å²) in [6.07, 6.45) is -2.99. The summed E-state index contributed by atoms with van der Waals surface area (Å²) in [4.78, 5) is 16.9. The van der Waals surface area contributed by atoms with E-state index in [1.54, 1.807) is 18.2 Å². The average molecular weight is 416 g/mol. The summed E-state index contributed by atoms with van der Waals surface area (Å²) in [5.74, 6) is -0.908. The van der Waals surface area contributed by atoms with Crippen molar-refractivity contribution in [1.29, 1.82) is 0 Å². The minimum atomic E-state index is -4.76. The average Bonchev–Trinajstić information content (AvgIpc) is 3.31. The van der Waals surface area contributed by atoms with Gasteiger partial charge in [0.25, 0.3) is 5.91 Å². The molecule has 0 aliphatic carbocycles. The molecule has 148 valence electrons. The minimum absolute atomic E-state index is 0.214. The van der Waals surface area contributed by atoms with E-state index in [0.717, 1.165) is 27.6 Å². The van der Waals surface area contributed by atoms with Crippen molar-refractivity contribution in [3.8, 4) is 5.69 Å². The molecule has 5 nitrogen and oxygen atoms in total. The number of nitrogens with zero attached hydrogens (tertiary/aromatic N) is 3. The number of para-hydroxylation sites is 1. The van der Waals surface area contributed by atoms with Crippen LogP contribution >= 0.6 is 11.3 Å². The van der Waals surface area contributed by atoms with Gasteiger partial charge in [0.05, 0.1) is 27.7 Å². The Kier molecular flexibility index (Phi) is 4.83. The van der Waals surface area contributed by atoms with E-state index in [4.69, 9.17) is 0 Å². The van der Waals surface area contributed by atoms with Gasteiger partial charge in [-0.1, -0.05) is 42.5 Å². The number of thiazole rings is 1. The van der Waals surface area contributed by atoms with Crippen molar-refractivity contribution in [2.75, 3.05) is 5.32 Å². The molecular formula is C20H15F3N4OS. The third-order valence-corrected chi connectivity index (χ3v) is 5.30. The second kappa shape index (κ2) is 7.32.